The second kappa shape index (κ2) is 10.1. The van der Waals surface area contributed by atoms with Gasteiger partial charge in [0.1, 0.15) is 0 Å². The molecule has 6 rings (SSSR count). The lowest BCUT2D eigenvalue weighted by molar-refractivity contribution is -0.0856. The molecule has 1 saturated heterocycles. The minimum Gasteiger partial charge on any atom is -0.318 e. The summed E-state index contributed by atoms with van der Waals surface area (Å²) < 4.78 is 16.8. The SMILES string of the molecule is CN(CC1CCCCC1)P1OC2CCC3CCCCC3C2C2C(CCC3CCCCC32)O1. The predicted octanol–water partition coefficient (Wildman–Crippen LogP) is 7.94. The third-order valence-corrected chi connectivity index (χ3v) is 12.5. The van der Waals surface area contributed by atoms with Crippen molar-refractivity contribution >= 4 is 8.53 Å². The summed E-state index contributed by atoms with van der Waals surface area (Å²) in [5, 5.41) is 0. The summed E-state index contributed by atoms with van der Waals surface area (Å²) in [7, 11) is 1.44. The highest BCUT2D eigenvalue weighted by molar-refractivity contribution is 7.44. The number of hydrogen-bond acceptors (Lipinski definition) is 3. The molecule has 1 aliphatic heterocycles. The van der Waals surface area contributed by atoms with Crippen molar-refractivity contribution in [2.45, 2.75) is 121 Å². The van der Waals surface area contributed by atoms with E-state index in [1.54, 1.807) is 0 Å². The Morgan fingerprint density at radius 3 is 1.66 bits per heavy atom. The summed E-state index contributed by atoms with van der Waals surface area (Å²) in [6.45, 7) is 1.19. The lowest BCUT2D eigenvalue weighted by Crippen LogP contribution is -2.51. The molecule has 0 radical (unpaired) electrons. The number of nitrogens with zero attached hydrogens (tertiary/aromatic N) is 1. The lowest BCUT2D eigenvalue weighted by Gasteiger charge is -2.53. The van der Waals surface area contributed by atoms with Crippen LogP contribution in [0.4, 0.5) is 0 Å². The number of fused-ring (bicyclic) bond motifs is 7. The Hall–Kier alpha value is 0.310. The third kappa shape index (κ3) is 4.47. The van der Waals surface area contributed by atoms with Gasteiger partial charge in [-0.15, -0.1) is 0 Å². The molecule has 32 heavy (non-hydrogen) atoms. The van der Waals surface area contributed by atoms with E-state index < -0.39 is 8.53 Å². The van der Waals surface area contributed by atoms with Crippen LogP contribution in [0.25, 0.3) is 0 Å². The molecule has 5 aliphatic carbocycles. The molecule has 6 fully saturated rings. The molecule has 0 amide bonds. The zero-order chi connectivity index (χ0) is 21.5. The molecule has 0 aromatic rings. The molecule has 0 aromatic carbocycles. The van der Waals surface area contributed by atoms with Crippen molar-refractivity contribution in [3.8, 4) is 0 Å². The Bertz CT molecular complexity index is 585. The maximum absolute atomic E-state index is 7.11. The van der Waals surface area contributed by atoms with E-state index in [4.69, 9.17) is 9.05 Å². The molecule has 8 atom stereocenters. The molecule has 0 bridgehead atoms. The van der Waals surface area contributed by atoms with Crippen molar-refractivity contribution < 1.29 is 9.05 Å². The van der Waals surface area contributed by atoms with Gasteiger partial charge in [0.25, 0.3) is 8.53 Å². The van der Waals surface area contributed by atoms with Gasteiger partial charge >= 0.3 is 0 Å². The van der Waals surface area contributed by atoms with Gasteiger partial charge in [0.15, 0.2) is 0 Å². The van der Waals surface area contributed by atoms with Crippen LogP contribution in [0, 0.1) is 41.4 Å². The van der Waals surface area contributed by atoms with Crippen molar-refractivity contribution in [1.82, 2.24) is 4.67 Å². The summed E-state index contributed by atoms with van der Waals surface area (Å²) in [6.07, 6.45) is 25.4. The van der Waals surface area contributed by atoms with Crippen molar-refractivity contribution in [3.63, 3.8) is 0 Å². The summed E-state index contributed by atoms with van der Waals surface area (Å²) in [4.78, 5) is 0. The monoisotopic (exact) mass is 461 g/mol. The van der Waals surface area contributed by atoms with Gasteiger partial charge < -0.3 is 9.05 Å². The van der Waals surface area contributed by atoms with Crippen LogP contribution < -0.4 is 0 Å². The Morgan fingerprint density at radius 1 is 0.594 bits per heavy atom. The molecule has 0 aromatic heterocycles. The molecule has 182 valence electrons. The minimum absolute atomic E-state index is 0.477. The molecule has 8 unspecified atom stereocenters. The normalized spacial score (nSPS) is 47.6. The molecule has 0 N–H and O–H groups in total. The molecule has 1 heterocycles. The fourth-order valence-corrected chi connectivity index (χ4v) is 11.1. The average molecular weight is 462 g/mol. The van der Waals surface area contributed by atoms with Gasteiger partial charge in [-0.1, -0.05) is 57.8 Å². The first-order chi connectivity index (χ1) is 15.8. The van der Waals surface area contributed by atoms with E-state index in [1.165, 1.54) is 116 Å². The first kappa shape index (κ1) is 22.8. The lowest BCUT2D eigenvalue weighted by atomic mass is 9.53. The van der Waals surface area contributed by atoms with Gasteiger partial charge in [0.05, 0.1) is 12.2 Å². The van der Waals surface area contributed by atoms with Crippen LogP contribution in [0.1, 0.15) is 109 Å². The van der Waals surface area contributed by atoms with Gasteiger partial charge in [-0.05, 0) is 99.8 Å². The second-order valence-corrected chi connectivity index (χ2v) is 14.2. The van der Waals surface area contributed by atoms with E-state index in [-0.39, 0.29) is 0 Å². The van der Waals surface area contributed by atoms with Crippen molar-refractivity contribution in [3.05, 3.63) is 0 Å². The Balaban J connectivity index is 1.26. The Morgan fingerprint density at radius 2 is 1.09 bits per heavy atom. The molecule has 4 heteroatoms. The summed E-state index contributed by atoms with van der Waals surface area (Å²) >= 11 is 0. The van der Waals surface area contributed by atoms with Gasteiger partial charge in [0, 0.05) is 6.54 Å². The zero-order valence-electron chi connectivity index (χ0n) is 20.6. The maximum Gasteiger partial charge on any atom is 0.259 e. The highest BCUT2D eigenvalue weighted by atomic mass is 31.2. The van der Waals surface area contributed by atoms with Gasteiger partial charge in [-0.25, -0.2) is 4.67 Å². The van der Waals surface area contributed by atoms with E-state index >= 15 is 0 Å². The molecular weight excluding hydrogens is 413 g/mol. The van der Waals surface area contributed by atoms with E-state index in [1.807, 2.05) is 0 Å². The van der Waals surface area contributed by atoms with E-state index in [0.29, 0.717) is 12.2 Å². The van der Waals surface area contributed by atoms with Crippen LogP contribution in [0.15, 0.2) is 0 Å². The smallest absolute Gasteiger partial charge is 0.259 e. The highest BCUT2D eigenvalue weighted by Gasteiger charge is 2.55. The largest absolute Gasteiger partial charge is 0.318 e. The van der Waals surface area contributed by atoms with Crippen molar-refractivity contribution in [2.24, 2.45) is 41.4 Å². The minimum atomic E-state index is -0.887. The third-order valence-electron chi connectivity index (χ3n) is 10.8. The number of rotatable bonds is 3. The molecule has 3 nitrogen and oxygen atoms in total. The van der Waals surface area contributed by atoms with Crippen LogP contribution in [0.5, 0.6) is 0 Å². The Kier molecular flexibility index (Phi) is 7.20. The highest BCUT2D eigenvalue weighted by Crippen LogP contribution is 2.62. The van der Waals surface area contributed by atoms with E-state index in [9.17, 15) is 0 Å². The fourth-order valence-electron chi connectivity index (χ4n) is 9.44. The molecule has 6 aliphatic rings. The van der Waals surface area contributed by atoms with Gasteiger partial charge in [-0.3, -0.25) is 0 Å². The number of hydrogen-bond donors (Lipinski definition) is 0. The van der Waals surface area contributed by atoms with Crippen LogP contribution in [0.2, 0.25) is 0 Å². The summed E-state index contributed by atoms with van der Waals surface area (Å²) in [5.74, 6) is 6.28. The second-order valence-electron chi connectivity index (χ2n) is 12.6. The van der Waals surface area contributed by atoms with Crippen LogP contribution in [-0.2, 0) is 9.05 Å². The van der Waals surface area contributed by atoms with E-state index in [2.05, 4.69) is 11.7 Å². The average Bonchev–Trinajstić information content (AvgIpc) is 3.02. The Labute approximate surface area is 198 Å². The van der Waals surface area contributed by atoms with E-state index in [0.717, 1.165) is 41.4 Å². The molecule has 5 saturated carbocycles. The quantitative estimate of drug-likeness (QED) is 0.398. The summed E-state index contributed by atoms with van der Waals surface area (Å²) in [6, 6.07) is 0. The standard InChI is InChI=1S/C28H48NO2P/c1-29(19-20-9-3-2-4-10-20)32-30-25-17-15-21-11-5-7-13-23(21)27(25)28-24-14-8-6-12-22(24)16-18-26(28)31-32/h20-28H,2-19H2,1H3. The van der Waals surface area contributed by atoms with Crippen LogP contribution in [-0.4, -0.2) is 30.5 Å². The predicted molar refractivity (Wildman–Crippen MR) is 132 cm³/mol. The van der Waals surface area contributed by atoms with Crippen molar-refractivity contribution in [2.75, 3.05) is 13.6 Å². The van der Waals surface area contributed by atoms with Crippen LogP contribution >= 0.6 is 8.53 Å². The molecule has 0 spiro atoms. The first-order valence-electron chi connectivity index (χ1n) is 14.6. The van der Waals surface area contributed by atoms with Gasteiger partial charge in [0.2, 0.25) is 0 Å². The van der Waals surface area contributed by atoms with Gasteiger partial charge in [-0.2, -0.15) is 0 Å². The fraction of sp³-hybridized carbons (Fsp3) is 1.00. The van der Waals surface area contributed by atoms with Crippen LogP contribution in [0.3, 0.4) is 0 Å². The van der Waals surface area contributed by atoms with Crippen molar-refractivity contribution in [1.29, 1.82) is 0 Å². The zero-order valence-corrected chi connectivity index (χ0v) is 21.5. The topological polar surface area (TPSA) is 21.7 Å². The first-order valence-corrected chi connectivity index (χ1v) is 15.8. The molecular formula is C28H48NO2P. The summed E-state index contributed by atoms with van der Waals surface area (Å²) in [5.41, 5.74) is 0. The maximum atomic E-state index is 7.11.